The van der Waals surface area contributed by atoms with Gasteiger partial charge in [-0.25, -0.2) is 9.80 Å². The van der Waals surface area contributed by atoms with E-state index in [4.69, 9.17) is 4.74 Å². The van der Waals surface area contributed by atoms with Crippen molar-refractivity contribution in [3.05, 3.63) is 0 Å². The Morgan fingerprint density at radius 1 is 0.939 bits per heavy atom. The molecule has 1 aliphatic heterocycles. The molecule has 4 amide bonds. The van der Waals surface area contributed by atoms with Gasteiger partial charge in [0.05, 0.1) is 13.2 Å². The van der Waals surface area contributed by atoms with Crippen molar-refractivity contribution in [3.8, 4) is 0 Å². The standard InChI is InChI=1S/C24H40N4O5/c1-17(2)16-20(21(29)23(31)25-19-10-6-7-11-19)28(24(32)27-12-14-33-15-13-27)26-22(30)18-8-4-3-5-9-18/h17-20H,3-16H2,1-2H3,(H,25,31)(H,26,30)/t20-/m0/s1. The van der Waals surface area contributed by atoms with Gasteiger partial charge in [0.2, 0.25) is 11.7 Å². The molecule has 9 nitrogen and oxygen atoms in total. The third kappa shape index (κ3) is 7.16. The fourth-order valence-corrected chi connectivity index (χ4v) is 5.00. The van der Waals surface area contributed by atoms with Gasteiger partial charge in [0, 0.05) is 25.0 Å². The van der Waals surface area contributed by atoms with E-state index in [1.807, 2.05) is 13.8 Å². The van der Waals surface area contributed by atoms with Crippen LogP contribution in [0.3, 0.4) is 0 Å². The van der Waals surface area contributed by atoms with Gasteiger partial charge in [0.25, 0.3) is 5.91 Å². The molecule has 186 valence electrons. The third-order valence-electron chi connectivity index (χ3n) is 6.92. The average Bonchev–Trinajstić information content (AvgIpc) is 3.34. The highest BCUT2D eigenvalue weighted by Gasteiger charge is 2.39. The summed E-state index contributed by atoms with van der Waals surface area (Å²) in [6, 6.07) is -1.49. The van der Waals surface area contributed by atoms with Gasteiger partial charge >= 0.3 is 6.03 Å². The Bertz CT molecular complexity index is 695. The van der Waals surface area contributed by atoms with Crippen LogP contribution in [0.2, 0.25) is 0 Å². The number of Topliss-reactive ketones (excluding diaryl/α,β-unsaturated/α-hetero) is 1. The van der Waals surface area contributed by atoms with Crippen LogP contribution >= 0.6 is 0 Å². The molecule has 0 unspecified atom stereocenters. The third-order valence-corrected chi connectivity index (χ3v) is 6.92. The number of hydrogen-bond donors (Lipinski definition) is 2. The molecule has 1 saturated heterocycles. The number of morpholine rings is 1. The molecule has 0 aromatic heterocycles. The predicted octanol–water partition coefficient (Wildman–Crippen LogP) is 2.39. The number of rotatable bonds is 7. The SMILES string of the molecule is CC(C)C[C@@H](C(=O)C(=O)NC1CCCC1)N(NC(=O)C1CCCCC1)C(=O)N1CCOCC1. The average molecular weight is 465 g/mol. The zero-order chi connectivity index (χ0) is 23.8. The van der Waals surface area contributed by atoms with Gasteiger partial charge in [-0.1, -0.05) is 46.0 Å². The van der Waals surface area contributed by atoms with Crippen LogP contribution in [-0.2, 0) is 19.1 Å². The predicted molar refractivity (Wildman–Crippen MR) is 123 cm³/mol. The zero-order valence-corrected chi connectivity index (χ0v) is 20.1. The van der Waals surface area contributed by atoms with E-state index in [0.29, 0.717) is 26.3 Å². The van der Waals surface area contributed by atoms with Crippen molar-refractivity contribution in [1.29, 1.82) is 0 Å². The number of ether oxygens (including phenoxy) is 1. The maximum Gasteiger partial charge on any atom is 0.339 e. The molecule has 0 spiro atoms. The topological polar surface area (TPSA) is 108 Å². The first-order chi connectivity index (χ1) is 15.9. The molecular formula is C24H40N4O5. The summed E-state index contributed by atoms with van der Waals surface area (Å²) in [5, 5.41) is 4.00. The largest absolute Gasteiger partial charge is 0.378 e. The number of amides is 4. The van der Waals surface area contributed by atoms with E-state index >= 15 is 0 Å². The number of carbonyl (C=O) groups is 4. The Morgan fingerprint density at radius 3 is 2.15 bits per heavy atom. The van der Waals surface area contributed by atoms with Crippen LogP contribution in [0.25, 0.3) is 0 Å². The first kappa shape index (κ1) is 25.5. The van der Waals surface area contributed by atoms with Crippen molar-refractivity contribution in [2.45, 2.75) is 90.1 Å². The molecule has 3 rings (SSSR count). The number of hydrogen-bond acceptors (Lipinski definition) is 5. The van der Waals surface area contributed by atoms with E-state index in [2.05, 4.69) is 10.7 Å². The highest BCUT2D eigenvalue weighted by molar-refractivity contribution is 6.38. The van der Waals surface area contributed by atoms with Crippen molar-refractivity contribution >= 4 is 23.6 Å². The molecule has 1 atom stereocenters. The second-order valence-electron chi connectivity index (χ2n) is 10.0. The second-order valence-corrected chi connectivity index (χ2v) is 10.0. The van der Waals surface area contributed by atoms with Crippen molar-refractivity contribution in [3.63, 3.8) is 0 Å². The van der Waals surface area contributed by atoms with E-state index < -0.39 is 23.8 Å². The normalized spacial score (nSPS) is 21.0. The van der Waals surface area contributed by atoms with Gasteiger partial charge in [-0.05, 0) is 38.0 Å². The van der Waals surface area contributed by atoms with E-state index in [0.717, 1.165) is 62.8 Å². The molecule has 0 bridgehead atoms. The number of nitrogens with zero attached hydrogens (tertiary/aromatic N) is 2. The van der Waals surface area contributed by atoms with Gasteiger partial charge in [-0.3, -0.25) is 19.8 Å². The molecule has 2 saturated carbocycles. The van der Waals surface area contributed by atoms with Crippen molar-refractivity contribution in [1.82, 2.24) is 20.7 Å². The number of hydrazine groups is 1. The number of carbonyl (C=O) groups excluding carboxylic acids is 4. The Kier molecular flexibility index (Phi) is 9.52. The summed E-state index contributed by atoms with van der Waals surface area (Å²) >= 11 is 0. The van der Waals surface area contributed by atoms with Crippen LogP contribution in [0.15, 0.2) is 0 Å². The minimum Gasteiger partial charge on any atom is -0.378 e. The molecule has 3 fully saturated rings. The maximum absolute atomic E-state index is 13.5. The summed E-state index contributed by atoms with van der Waals surface area (Å²) in [6.07, 6.45) is 8.70. The van der Waals surface area contributed by atoms with Crippen molar-refractivity contribution in [2.75, 3.05) is 26.3 Å². The fraction of sp³-hybridized carbons (Fsp3) is 0.833. The van der Waals surface area contributed by atoms with Crippen molar-refractivity contribution in [2.24, 2.45) is 11.8 Å². The van der Waals surface area contributed by atoms with Crippen LogP contribution in [0.4, 0.5) is 4.79 Å². The lowest BCUT2D eigenvalue weighted by molar-refractivity contribution is -0.143. The summed E-state index contributed by atoms with van der Waals surface area (Å²) in [6.45, 7) is 5.45. The molecule has 0 aromatic carbocycles. The summed E-state index contributed by atoms with van der Waals surface area (Å²) in [7, 11) is 0. The summed E-state index contributed by atoms with van der Waals surface area (Å²) < 4.78 is 5.36. The fourth-order valence-electron chi connectivity index (χ4n) is 5.00. The summed E-state index contributed by atoms with van der Waals surface area (Å²) in [5.74, 6) is -1.71. The van der Waals surface area contributed by atoms with Gasteiger partial charge in [-0.15, -0.1) is 0 Å². The molecule has 33 heavy (non-hydrogen) atoms. The molecular weight excluding hydrogens is 424 g/mol. The first-order valence-electron chi connectivity index (χ1n) is 12.7. The van der Waals surface area contributed by atoms with E-state index in [1.165, 1.54) is 0 Å². The second kappa shape index (κ2) is 12.3. The van der Waals surface area contributed by atoms with Crippen molar-refractivity contribution < 1.29 is 23.9 Å². The monoisotopic (exact) mass is 464 g/mol. The maximum atomic E-state index is 13.5. The van der Waals surface area contributed by atoms with E-state index in [1.54, 1.807) is 4.90 Å². The molecule has 9 heteroatoms. The van der Waals surface area contributed by atoms with E-state index in [9.17, 15) is 19.2 Å². The van der Waals surface area contributed by atoms with Crippen LogP contribution in [0.5, 0.6) is 0 Å². The lowest BCUT2D eigenvalue weighted by Crippen LogP contribution is -2.62. The van der Waals surface area contributed by atoms with Gasteiger partial charge < -0.3 is 15.0 Å². The molecule has 1 heterocycles. The Morgan fingerprint density at radius 2 is 1.55 bits per heavy atom. The van der Waals surface area contributed by atoms with Crippen LogP contribution in [0.1, 0.15) is 78.1 Å². The summed E-state index contributed by atoms with van der Waals surface area (Å²) in [4.78, 5) is 54.4. The first-order valence-corrected chi connectivity index (χ1v) is 12.7. The lowest BCUT2D eigenvalue weighted by atomic mass is 9.89. The number of nitrogens with one attached hydrogen (secondary N) is 2. The quantitative estimate of drug-likeness (QED) is 0.444. The Labute approximate surface area is 196 Å². The molecule has 2 aliphatic carbocycles. The summed E-state index contributed by atoms with van der Waals surface area (Å²) in [5.41, 5.74) is 2.78. The minimum absolute atomic E-state index is 0.00127. The zero-order valence-electron chi connectivity index (χ0n) is 20.1. The minimum atomic E-state index is -1.05. The van der Waals surface area contributed by atoms with Gasteiger partial charge in [0.15, 0.2) is 0 Å². The lowest BCUT2D eigenvalue weighted by Gasteiger charge is -2.38. The Hall–Kier alpha value is -2.16. The van der Waals surface area contributed by atoms with Crippen LogP contribution in [0, 0.1) is 11.8 Å². The Balaban J connectivity index is 1.81. The van der Waals surface area contributed by atoms with Crippen LogP contribution < -0.4 is 10.7 Å². The number of ketones is 1. The van der Waals surface area contributed by atoms with Gasteiger partial charge in [0.1, 0.15) is 6.04 Å². The molecule has 3 aliphatic rings. The van der Waals surface area contributed by atoms with Crippen LogP contribution in [-0.4, -0.2) is 71.9 Å². The highest BCUT2D eigenvalue weighted by atomic mass is 16.5. The smallest absolute Gasteiger partial charge is 0.339 e. The van der Waals surface area contributed by atoms with E-state index in [-0.39, 0.29) is 30.2 Å². The highest BCUT2D eigenvalue weighted by Crippen LogP contribution is 2.25. The van der Waals surface area contributed by atoms with Gasteiger partial charge in [-0.2, -0.15) is 0 Å². The number of urea groups is 1. The molecule has 0 aromatic rings. The molecule has 2 N–H and O–H groups in total. The molecule has 0 radical (unpaired) electrons.